The number of anilines is 2. The van der Waals surface area contributed by atoms with E-state index in [0.29, 0.717) is 38.3 Å². The van der Waals surface area contributed by atoms with Crippen LogP contribution in [0.15, 0.2) is 49.1 Å². The van der Waals surface area contributed by atoms with Gasteiger partial charge in [0, 0.05) is 60.5 Å². The van der Waals surface area contributed by atoms with Crippen LogP contribution in [-0.2, 0) is 17.8 Å². The van der Waals surface area contributed by atoms with Crippen LogP contribution < -0.4 is 14.5 Å². The number of fused-ring (bicyclic) bond motifs is 2. The first-order valence-electron chi connectivity index (χ1n) is 14.7. The van der Waals surface area contributed by atoms with E-state index in [4.69, 9.17) is 14.7 Å². The van der Waals surface area contributed by atoms with Gasteiger partial charge in [-0.25, -0.2) is 0 Å². The lowest BCUT2D eigenvalue weighted by Crippen LogP contribution is -2.58. The zero-order valence-corrected chi connectivity index (χ0v) is 24.3. The summed E-state index contributed by atoms with van der Waals surface area (Å²) in [5, 5.41) is 12.6. The maximum absolute atomic E-state index is 12.5. The number of likely N-dealkylation sites (tertiary alicyclic amines) is 1. The highest BCUT2D eigenvalue weighted by Gasteiger charge is 2.35. The normalized spacial score (nSPS) is 23.1. The van der Waals surface area contributed by atoms with Crippen molar-refractivity contribution in [2.24, 2.45) is 0 Å². The first-order valence-corrected chi connectivity index (χ1v) is 14.7. The molecule has 0 radical (unpaired) electrons. The zero-order chi connectivity index (χ0) is 28.7. The monoisotopic (exact) mass is 556 g/mol. The summed E-state index contributed by atoms with van der Waals surface area (Å²) < 4.78 is 6.30. The molecule has 1 amide bonds. The molecule has 0 unspecified atom stereocenters. The van der Waals surface area contributed by atoms with Gasteiger partial charge in [0.1, 0.15) is 18.2 Å². The van der Waals surface area contributed by atoms with Crippen molar-refractivity contribution in [3.05, 3.63) is 60.3 Å². The number of hydrogen-bond acceptors (Lipinski definition) is 8. The summed E-state index contributed by atoms with van der Waals surface area (Å²) >= 11 is 0. The number of benzene rings is 2. The number of phenolic OH excluding ortho intramolecular Hbond substituents is 1. The number of aromatic nitrogens is 2. The quantitative estimate of drug-likeness (QED) is 0.457. The molecule has 9 nitrogen and oxygen atoms in total. The zero-order valence-electron chi connectivity index (χ0n) is 24.3. The summed E-state index contributed by atoms with van der Waals surface area (Å²) in [6, 6.07) is 12.7. The molecule has 216 valence electrons. The van der Waals surface area contributed by atoms with Crippen molar-refractivity contribution >= 4 is 28.2 Å². The first kappa shape index (κ1) is 27.3. The van der Waals surface area contributed by atoms with E-state index in [-0.39, 0.29) is 23.7 Å². The van der Waals surface area contributed by atoms with Gasteiger partial charge < -0.3 is 29.4 Å². The molecular weight excluding hydrogens is 516 g/mol. The van der Waals surface area contributed by atoms with Crippen LogP contribution in [0, 0.1) is 0 Å². The van der Waals surface area contributed by atoms with E-state index in [0.717, 1.165) is 59.5 Å². The minimum atomic E-state index is -0.0348. The average molecular weight is 557 g/mol. The number of carbonyl (C=O) groups excluding carboxylic acids is 1. The molecule has 2 aromatic carbocycles. The molecule has 0 saturated carbocycles. The van der Waals surface area contributed by atoms with Crippen molar-refractivity contribution in [1.29, 1.82) is 0 Å². The number of likely N-dealkylation sites (N-methyl/N-ethyl adjacent to an activating group) is 1. The maximum Gasteiger partial charge on any atom is 0.318 e. The van der Waals surface area contributed by atoms with E-state index in [1.165, 1.54) is 12.5 Å². The van der Waals surface area contributed by atoms with Crippen molar-refractivity contribution in [1.82, 2.24) is 19.8 Å². The highest BCUT2D eigenvalue weighted by atomic mass is 16.5. The van der Waals surface area contributed by atoms with Gasteiger partial charge in [-0.3, -0.25) is 4.79 Å². The Hall–Kier alpha value is -3.85. The lowest BCUT2D eigenvalue weighted by atomic mass is 10.00. The lowest BCUT2D eigenvalue weighted by Gasteiger charge is -2.45. The second-order valence-corrected chi connectivity index (χ2v) is 11.7. The van der Waals surface area contributed by atoms with Crippen molar-refractivity contribution in [3.8, 4) is 11.8 Å². The number of hydrogen-bond donors (Lipinski definition) is 1. The molecule has 6 rings (SSSR count). The van der Waals surface area contributed by atoms with Crippen LogP contribution in [0.25, 0.3) is 10.8 Å². The van der Waals surface area contributed by atoms with Crippen LogP contribution in [-0.4, -0.2) is 88.7 Å². The summed E-state index contributed by atoms with van der Waals surface area (Å²) in [5.74, 6) is 1.13. The molecule has 9 heteroatoms. The molecule has 3 aliphatic rings. The summed E-state index contributed by atoms with van der Waals surface area (Å²) in [6.45, 7) is 12.2. The van der Waals surface area contributed by atoms with Crippen molar-refractivity contribution < 1.29 is 14.6 Å². The minimum absolute atomic E-state index is 0.0255. The molecule has 2 saturated heterocycles. The number of rotatable bonds is 6. The Balaban J connectivity index is 1.35. The molecule has 2 fully saturated rings. The van der Waals surface area contributed by atoms with Crippen LogP contribution >= 0.6 is 0 Å². The molecule has 3 aromatic rings. The fraction of sp³-hybridized carbons (Fsp3) is 0.469. The van der Waals surface area contributed by atoms with Crippen LogP contribution in [0.1, 0.15) is 37.9 Å². The summed E-state index contributed by atoms with van der Waals surface area (Å²) in [7, 11) is 2.14. The van der Waals surface area contributed by atoms with Gasteiger partial charge in [0.2, 0.25) is 5.91 Å². The number of carbonyl (C=O) groups is 1. The maximum atomic E-state index is 12.5. The second kappa shape index (κ2) is 11.2. The predicted octanol–water partition coefficient (Wildman–Crippen LogP) is 3.98. The number of aromatic hydroxyl groups is 1. The van der Waals surface area contributed by atoms with Gasteiger partial charge in [-0.15, -0.1) is 0 Å². The summed E-state index contributed by atoms with van der Waals surface area (Å²) in [5.41, 5.74) is 3.09. The smallest absolute Gasteiger partial charge is 0.318 e. The van der Waals surface area contributed by atoms with Crippen LogP contribution in [0.4, 0.5) is 11.5 Å². The molecule has 3 atom stereocenters. The van der Waals surface area contributed by atoms with Gasteiger partial charge in [0.15, 0.2) is 0 Å². The van der Waals surface area contributed by atoms with E-state index in [9.17, 15) is 9.90 Å². The molecule has 0 bridgehead atoms. The average Bonchev–Trinajstić information content (AvgIpc) is 3.39. The molecule has 3 aliphatic heterocycles. The molecule has 1 aromatic heterocycles. The number of phenols is 1. The standard InChI is InChI=1S/C32H40N6O3/c1-5-30(40)37-17-22(3)38(18-21(37)2)31-27-12-14-36(29-16-25(39)15-23-9-6-7-11-26(23)29)19-28(27)33-32(34-31)41-20-24-10-8-13-35(24)4/h5-7,9,11,15-16,21-22,24,39H,1,8,10,12-14,17-20H2,2-4H3/t21-,22+,24+/m1/s1. The molecule has 0 aliphatic carbocycles. The van der Waals surface area contributed by atoms with E-state index in [1.807, 2.05) is 35.2 Å². The largest absolute Gasteiger partial charge is 0.508 e. The fourth-order valence-corrected chi connectivity index (χ4v) is 6.64. The van der Waals surface area contributed by atoms with E-state index in [2.05, 4.69) is 48.2 Å². The Bertz CT molecular complexity index is 1460. The Labute approximate surface area is 242 Å². The second-order valence-electron chi connectivity index (χ2n) is 11.7. The third-order valence-corrected chi connectivity index (χ3v) is 8.98. The Morgan fingerprint density at radius 3 is 2.76 bits per heavy atom. The van der Waals surface area contributed by atoms with E-state index in [1.54, 1.807) is 0 Å². The summed E-state index contributed by atoms with van der Waals surface area (Å²) in [4.78, 5) is 31.3. The first-order chi connectivity index (χ1) is 19.8. The van der Waals surface area contributed by atoms with Crippen molar-refractivity contribution in [2.45, 2.75) is 57.8 Å². The Morgan fingerprint density at radius 2 is 1.98 bits per heavy atom. The third-order valence-electron chi connectivity index (χ3n) is 8.98. The van der Waals surface area contributed by atoms with E-state index < -0.39 is 0 Å². The third kappa shape index (κ3) is 5.30. The summed E-state index contributed by atoms with van der Waals surface area (Å²) in [6.07, 6.45) is 4.46. The minimum Gasteiger partial charge on any atom is -0.508 e. The molecule has 0 spiro atoms. The molecule has 41 heavy (non-hydrogen) atoms. The van der Waals surface area contributed by atoms with Gasteiger partial charge >= 0.3 is 6.01 Å². The molecular formula is C32H40N6O3. The van der Waals surface area contributed by atoms with Gasteiger partial charge in [-0.05, 0) is 64.2 Å². The van der Waals surface area contributed by atoms with Crippen molar-refractivity contribution in [3.63, 3.8) is 0 Å². The van der Waals surface area contributed by atoms with Gasteiger partial charge in [-0.1, -0.05) is 30.8 Å². The van der Waals surface area contributed by atoms with Gasteiger partial charge in [-0.2, -0.15) is 9.97 Å². The van der Waals surface area contributed by atoms with Gasteiger partial charge in [0.05, 0.1) is 12.2 Å². The van der Waals surface area contributed by atoms with Crippen molar-refractivity contribution in [2.75, 3.05) is 49.6 Å². The molecule has 1 N–H and O–H groups in total. The fourth-order valence-electron chi connectivity index (χ4n) is 6.64. The SMILES string of the molecule is C=CC(=O)N1C[C@H](C)N(c2nc(OC[C@@H]3CCCN3C)nc3c2CCN(c2cc(O)cc4ccccc24)C3)C[C@H]1C. The number of ether oxygens (including phenoxy) is 1. The van der Waals surface area contributed by atoms with E-state index >= 15 is 0 Å². The Morgan fingerprint density at radius 1 is 1.15 bits per heavy atom. The number of piperazine rings is 1. The van der Waals surface area contributed by atoms with Crippen LogP contribution in [0.2, 0.25) is 0 Å². The topological polar surface area (TPSA) is 85.3 Å². The number of amides is 1. The molecule has 4 heterocycles. The van der Waals surface area contributed by atoms with Gasteiger partial charge in [0.25, 0.3) is 0 Å². The highest BCUT2D eigenvalue weighted by Crippen LogP contribution is 2.37. The lowest BCUT2D eigenvalue weighted by molar-refractivity contribution is -0.128. The Kier molecular flexibility index (Phi) is 7.46. The van der Waals surface area contributed by atoms with Crippen LogP contribution in [0.3, 0.4) is 0 Å². The highest BCUT2D eigenvalue weighted by molar-refractivity contribution is 5.95. The number of nitrogens with zero attached hydrogens (tertiary/aromatic N) is 6. The van der Waals surface area contributed by atoms with Crippen LogP contribution in [0.5, 0.6) is 11.8 Å². The predicted molar refractivity (Wildman–Crippen MR) is 162 cm³/mol.